The molecule has 1 aromatic carbocycles. The van der Waals surface area contributed by atoms with Crippen molar-refractivity contribution in [3.05, 3.63) is 29.0 Å². The van der Waals surface area contributed by atoms with Crippen LogP contribution in [0.25, 0.3) is 0 Å². The Labute approximate surface area is 74.3 Å². The highest BCUT2D eigenvalue weighted by Crippen LogP contribution is 2.21. The average Bonchev–Trinajstić information content (AvgIpc) is 2.07. The van der Waals surface area contributed by atoms with Gasteiger partial charge in [-0.15, -0.1) is 0 Å². The van der Waals surface area contributed by atoms with Gasteiger partial charge in [-0.3, -0.25) is 0 Å². The number of anilines is 1. The van der Waals surface area contributed by atoms with E-state index in [2.05, 4.69) is 5.32 Å². The third-order valence-electron chi connectivity index (χ3n) is 1.34. The van der Waals surface area contributed by atoms with Crippen LogP contribution in [0.1, 0.15) is 0 Å². The van der Waals surface area contributed by atoms with Gasteiger partial charge in [0.2, 0.25) is 0 Å². The monoisotopic (exact) mass is 191 g/mol. The highest BCUT2D eigenvalue weighted by atomic mass is 35.5. The Hall–Kier alpha value is -0.830. The zero-order valence-corrected chi connectivity index (χ0v) is 7.04. The maximum atomic E-state index is 12.6. The molecule has 1 rings (SSSR count). The topological polar surface area (TPSA) is 12.0 Å². The predicted octanol–water partition coefficient (Wildman–Crippen LogP) is 2.86. The summed E-state index contributed by atoms with van der Waals surface area (Å²) in [6.45, 7) is -0.365. The van der Waals surface area contributed by atoms with Crippen LogP contribution in [0.5, 0.6) is 0 Å². The van der Waals surface area contributed by atoms with Crippen molar-refractivity contribution in [1.29, 1.82) is 0 Å². The molecule has 0 unspecified atom stereocenters. The van der Waals surface area contributed by atoms with Crippen LogP contribution >= 0.6 is 11.6 Å². The minimum Gasteiger partial charge on any atom is -0.381 e. The zero-order valence-electron chi connectivity index (χ0n) is 6.28. The van der Waals surface area contributed by atoms with E-state index in [1.165, 1.54) is 18.2 Å². The Kier molecular flexibility index (Phi) is 3.29. The summed E-state index contributed by atoms with van der Waals surface area (Å²) in [4.78, 5) is 0. The van der Waals surface area contributed by atoms with Gasteiger partial charge in [-0.05, 0) is 18.2 Å². The molecule has 1 aromatic rings. The minimum absolute atomic E-state index is 0.142. The maximum absolute atomic E-state index is 12.6. The molecule has 0 aliphatic rings. The van der Waals surface area contributed by atoms with Crippen LogP contribution in [0.3, 0.4) is 0 Å². The number of alkyl halides is 1. The molecule has 0 aromatic heterocycles. The molecule has 0 aliphatic heterocycles. The zero-order chi connectivity index (χ0) is 8.97. The van der Waals surface area contributed by atoms with Crippen molar-refractivity contribution in [1.82, 2.24) is 0 Å². The van der Waals surface area contributed by atoms with E-state index in [1.807, 2.05) is 0 Å². The standard InChI is InChI=1S/C8H8ClF2N/c9-7-2-1-6(11)5-8(7)12-4-3-10/h1-2,5,12H,3-4H2. The Morgan fingerprint density at radius 2 is 2.17 bits per heavy atom. The molecule has 12 heavy (non-hydrogen) atoms. The van der Waals surface area contributed by atoms with Crippen molar-refractivity contribution in [2.45, 2.75) is 0 Å². The fraction of sp³-hybridized carbons (Fsp3) is 0.250. The van der Waals surface area contributed by atoms with Gasteiger partial charge in [0.15, 0.2) is 0 Å². The third kappa shape index (κ3) is 2.34. The first-order chi connectivity index (χ1) is 5.74. The number of nitrogens with one attached hydrogen (secondary N) is 1. The van der Waals surface area contributed by atoms with Gasteiger partial charge in [-0.2, -0.15) is 0 Å². The van der Waals surface area contributed by atoms with Crippen LogP contribution < -0.4 is 5.32 Å². The van der Waals surface area contributed by atoms with Crippen molar-refractivity contribution in [2.24, 2.45) is 0 Å². The van der Waals surface area contributed by atoms with E-state index in [-0.39, 0.29) is 12.4 Å². The molecule has 0 amide bonds. The normalized spacial score (nSPS) is 9.92. The molecule has 1 nitrogen and oxygen atoms in total. The Bertz CT molecular complexity index is 265. The number of hydrogen-bond acceptors (Lipinski definition) is 1. The van der Waals surface area contributed by atoms with E-state index >= 15 is 0 Å². The highest BCUT2D eigenvalue weighted by molar-refractivity contribution is 6.33. The molecule has 1 N–H and O–H groups in total. The number of halogens is 3. The summed E-state index contributed by atoms with van der Waals surface area (Å²) in [5, 5.41) is 3.05. The summed E-state index contributed by atoms with van der Waals surface area (Å²) in [5.74, 6) is -0.388. The van der Waals surface area contributed by atoms with E-state index in [9.17, 15) is 8.78 Å². The van der Waals surface area contributed by atoms with Crippen molar-refractivity contribution in [3.8, 4) is 0 Å². The number of rotatable bonds is 3. The van der Waals surface area contributed by atoms with Gasteiger partial charge in [0.05, 0.1) is 10.7 Å². The van der Waals surface area contributed by atoms with Crippen LogP contribution in [0.15, 0.2) is 18.2 Å². The lowest BCUT2D eigenvalue weighted by atomic mass is 10.3. The SMILES string of the molecule is FCCNc1cc(F)ccc1Cl. The smallest absolute Gasteiger partial charge is 0.125 e. The van der Waals surface area contributed by atoms with Gasteiger partial charge in [0.1, 0.15) is 12.5 Å². The predicted molar refractivity (Wildman–Crippen MR) is 45.9 cm³/mol. The molecule has 0 saturated carbocycles. The molecule has 0 atom stereocenters. The van der Waals surface area contributed by atoms with Crippen molar-refractivity contribution in [2.75, 3.05) is 18.5 Å². The minimum atomic E-state index is -0.507. The summed E-state index contributed by atoms with van der Waals surface area (Å²) in [6.07, 6.45) is 0. The third-order valence-corrected chi connectivity index (χ3v) is 1.67. The highest BCUT2D eigenvalue weighted by Gasteiger charge is 2.00. The summed E-state index contributed by atoms with van der Waals surface area (Å²) >= 11 is 5.68. The van der Waals surface area contributed by atoms with Crippen LogP contribution in [0, 0.1) is 5.82 Å². The average molecular weight is 192 g/mol. The van der Waals surface area contributed by atoms with Crippen LogP contribution in [0.2, 0.25) is 5.02 Å². The largest absolute Gasteiger partial charge is 0.381 e. The van der Waals surface area contributed by atoms with Crippen molar-refractivity contribution >= 4 is 17.3 Å². The van der Waals surface area contributed by atoms with E-state index in [0.29, 0.717) is 10.7 Å². The molecule has 0 saturated heterocycles. The van der Waals surface area contributed by atoms with E-state index in [1.54, 1.807) is 0 Å². The Morgan fingerprint density at radius 1 is 1.42 bits per heavy atom. The van der Waals surface area contributed by atoms with Gasteiger partial charge >= 0.3 is 0 Å². The molecule has 0 spiro atoms. The second kappa shape index (κ2) is 4.26. The maximum Gasteiger partial charge on any atom is 0.125 e. The lowest BCUT2D eigenvalue weighted by Crippen LogP contribution is -2.03. The number of hydrogen-bond donors (Lipinski definition) is 1. The van der Waals surface area contributed by atoms with Gasteiger partial charge in [0, 0.05) is 6.54 Å². The molecule has 0 bridgehead atoms. The second-order valence-electron chi connectivity index (χ2n) is 2.24. The fourth-order valence-corrected chi connectivity index (χ4v) is 0.999. The molecule has 0 heterocycles. The summed E-state index contributed by atoms with van der Waals surface area (Å²) in [6, 6.07) is 3.92. The Balaban J connectivity index is 2.75. The van der Waals surface area contributed by atoms with Gasteiger partial charge < -0.3 is 5.32 Å². The molecule has 4 heteroatoms. The lowest BCUT2D eigenvalue weighted by Gasteiger charge is -2.05. The van der Waals surface area contributed by atoms with Crippen LogP contribution in [-0.4, -0.2) is 13.2 Å². The molecular weight excluding hydrogens is 184 g/mol. The first-order valence-corrected chi connectivity index (χ1v) is 3.86. The summed E-state index contributed by atoms with van der Waals surface area (Å²) in [5.41, 5.74) is 0.425. The van der Waals surface area contributed by atoms with Crippen molar-refractivity contribution < 1.29 is 8.78 Å². The van der Waals surface area contributed by atoms with E-state index in [4.69, 9.17) is 11.6 Å². The fourth-order valence-electron chi connectivity index (χ4n) is 0.815. The van der Waals surface area contributed by atoms with Gasteiger partial charge in [0.25, 0.3) is 0 Å². The molecule has 0 fully saturated rings. The summed E-state index contributed by atoms with van der Waals surface area (Å²) in [7, 11) is 0. The van der Waals surface area contributed by atoms with E-state index < -0.39 is 6.67 Å². The van der Waals surface area contributed by atoms with Crippen molar-refractivity contribution in [3.63, 3.8) is 0 Å². The molecule has 0 aliphatic carbocycles. The van der Waals surface area contributed by atoms with Crippen LogP contribution in [-0.2, 0) is 0 Å². The Morgan fingerprint density at radius 3 is 2.83 bits per heavy atom. The van der Waals surface area contributed by atoms with Gasteiger partial charge in [-0.1, -0.05) is 11.6 Å². The summed E-state index contributed by atoms with van der Waals surface area (Å²) < 4.78 is 24.3. The molecule has 66 valence electrons. The van der Waals surface area contributed by atoms with Crippen LogP contribution in [0.4, 0.5) is 14.5 Å². The molecule has 0 radical (unpaired) electrons. The molecular formula is C8H8ClF2N. The second-order valence-corrected chi connectivity index (χ2v) is 2.65. The lowest BCUT2D eigenvalue weighted by molar-refractivity contribution is 0.512. The van der Waals surface area contributed by atoms with E-state index in [0.717, 1.165) is 0 Å². The quantitative estimate of drug-likeness (QED) is 0.775. The first kappa shape index (κ1) is 9.26. The van der Waals surface area contributed by atoms with Gasteiger partial charge in [-0.25, -0.2) is 8.78 Å². The number of benzene rings is 1. The first-order valence-electron chi connectivity index (χ1n) is 3.49.